The first kappa shape index (κ1) is 8.74. The van der Waals surface area contributed by atoms with Gasteiger partial charge in [0.05, 0.1) is 11.3 Å². The molecule has 0 fully saturated rings. The van der Waals surface area contributed by atoms with Gasteiger partial charge in [-0.2, -0.15) is 0 Å². The molecule has 2 heterocycles. The third-order valence-electron chi connectivity index (χ3n) is 2.22. The maximum Gasteiger partial charge on any atom is 0.141 e. The summed E-state index contributed by atoms with van der Waals surface area (Å²) in [6.45, 7) is 3.94. The van der Waals surface area contributed by atoms with E-state index < -0.39 is 0 Å². The van der Waals surface area contributed by atoms with Crippen molar-refractivity contribution >= 4 is 5.82 Å². The molecule has 0 aliphatic heterocycles. The number of nitrogens with one attached hydrogen (secondary N) is 1. The molecule has 0 aliphatic carbocycles. The lowest BCUT2D eigenvalue weighted by Crippen LogP contribution is -1.93. The predicted octanol–water partition coefficient (Wildman–Crippen LogP) is 1.67. The Morgan fingerprint density at radius 1 is 1.36 bits per heavy atom. The Morgan fingerprint density at radius 2 is 2.14 bits per heavy atom. The lowest BCUT2D eigenvalue weighted by Gasteiger charge is -1.99. The summed E-state index contributed by atoms with van der Waals surface area (Å²) in [7, 11) is 0. The van der Waals surface area contributed by atoms with E-state index in [1.165, 1.54) is 0 Å². The zero-order valence-electron chi connectivity index (χ0n) is 8.20. The molecule has 0 amide bonds. The molecule has 0 saturated carbocycles. The number of nitrogens with zero attached hydrogens (tertiary/aromatic N) is 2. The van der Waals surface area contributed by atoms with Crippen LogP contribution in [0.5, 0.6) is 0 Å². The second-order valence-corrected chi connectivity index (χ2v) is 3.23. The van der Waals surface area contributed by atoms with E-state index in [9.17, 15) is 0 Å². The number of nitrogen functional groups attached to an aromatic ring is 1. The van der Waals surface area contributed by atoms with Gasteiger partial charge in [0.25, 0.3) is 0 Å². The SMILES string of the molecule is Cc1nc(-c2cccnc2N)[nH]c1C. The van der Waals surface area contributed by atoms with Gasteiger partial charge >= 0.3 is 0 Å². The molecule has 0 spiro atoms. The molecule has 3 N–H and O–H groups in total. The molecule has 14 heavy (non-hydrogen) atoms. The lowest BCUT2D eigenvalue weighted by molar-refractivity contribution is 1.22. The van der Waals surface area contributed by atoms with Crippen molar-refractivity contribution in [1.82, 2.24) is 15.0 Å². The Balaban J connectivity index is 2.55. The molecule has 0 saturated heterocycles. The highest BCUT2D eigenvalue weighted by molar-refractivity contribution is 5.68. The number of imidazole rings is 1. The van der Waals surface area contributed by atoms with Crippen molar-refractivity contribution in [2.75, 3.05) is 5.73 Å². The normalized spacial score (nSPS) is 10.4. The maximum atomic E-state index is 5.74. The number of H-pyrrole nitrogens is 1. The largest absolute Gasteiger partial charge is 0.383 e. The minimum Gasteiger partial charge on any atom is -0.383 e. The lowest BCUT2D eigenvalue weighted by atomic mass is 10.2. The van der Waals surface area contributed by atoms with Gasteiger partial charge in [0.15, 0.2) is 0 Å². The Hall–Kier alpha value is -1.84. The first-order valence-electron chi connectivity index (χ1n) is 4.42. The van der Waals surface area contributed by atoms with E-state index in [-0.39, 0.29) is 0 Å². The van der Waals surface area contributed by atoms with Gasteiger partial charge in [0.2, 0.25) is 0 Å². The molecule has 2 aromatic rings. The fraction of sp³-hybridized carbons (Fsp3) is 0.200. The second-order valence-electron chi connectivity index (χ2n) is 3.23. The first-order chi connectivity index (χ1) is 6.68. The van der Waals surface area contributed by atoms with Crippen LogP contribution in [0, 0.1) is 13.8 Å². The Labute approximate surface area is 82.2 Å². The van der Waals surface area contributed by atoms with Gasteiger partial charge in [-0.05, 0) is 26.0 Å². The molecule has 2 aromatic heterocycles. The van der Waals surface area contributed by atoms with Crippen molar-refractivity contribution in [2.45, 2.75) is 13.8 Å². The Bertz CT molecular complexity index is 439. The van der Waals surface area contributed by atoms with Gasteiger partial charge in [-0.3, -0.25) is 0 Å². The smallest absolute Gasteiger partial charge is 0.141 e. The number of hydrogen-bond acceptors (Lipinski definition) is 3. The van der Waals surface area contributed by atoms with Crippen LogP contribution in [0.3, 0.4) is 0 Å². The van der Waals surface area contributed by atoms with Crippen LogP contribution in [0.2, 0.25) is 0 Å². The third kappa shape index (κ3) is 1.35. The van der Waals surface area contributed by atoms with Crippen LogP contribution in [0.25, 0.3) is 11.4 Å². The fourth-order valence-electron chi connectivity index (χ4n) is 1.29. The summed E-state index contributed by atoms with van der Waals surface area (Å²) < 4.78 is 0. The number of rotatable bonds is 1. The van der Waals surface area contributed by atoms with Crippen LogP contribution >= 0.6 is 0 Å². The Kier molecular flexibility index (Phi) is 1.96. The average molecular weight is 188 g/mol. The van der Waals surface area contributed by atoms with Gasteiger partial charge in [0.1, 0.15) is 11.6 Å². The molecule has 4 nitrogen and oxygen atoms in total. The highest BCUT2D eigenvalue weighted by Gasteiger charge is 2.07. The van der Waals surface area contributed by atoms with E-state index >= 15 is 0 Å². The molecule has 4 heteroatoms. The van der Waals surface area contributed by atoms with Crippen molar-refractivity contribution in [3.8, 4) is 11.4 Å². The van der Waals surface area contributed by atoms with Crippen molar-refractivity contribution in [2.24, 2.45) is 0 Å². The van der Waals surface area contributed by atoms with E-state index in [0.717, 1.165) is 22.8 Å². The molecular formula is C10H12N4. The average Bonchev–Trinajstić information content (AvgIpc) is 2.48. The van der Waals surface area contributed by atoms with Gasteiger partial charge in [-0.25, -0.2) is 9.97 Å². The zero-order valence-corrected chi connectivity index (χ0v) is 8.20. The molecule has 0 aromatic carbocycles. The van der Waals surface area contributed by atoms with Crippen LogP contribution in [0.4, 0.5) is 5.82 Å². The fourth-order valence-corrected chi connectivity index (χ4v) is 1.29. The van der Waals surface area contributed by atoms with Crippen molar-refractivity contribution in [3.05, 3.63) is 29.7 Å². The minimum absolute atomic E-state index is 0.501. The standard InChI is InChI=1S/C10H12N4/c1-6-7(2)14-10(13-6)8-4-3-5-12-9(8)11/h3-5H,1-2H3,(H2,11,12)(H,13,14). The van der Waals surface area contributed by atoms with Gasteiger partial charge in [0, 0.05) is 11.9 Å². The second kappa shape index (κ2) is 3.14. The number of aromatic nitrogens is 3. The summed E-state index contributed by atoms with van der Waals surface area (Å²) in [5.41, 5.74) is 8.64. The van der Waals surface area contributed by atoms with Gasteiger partial charge < -0.3 is 10.7 Å². The number of pyridine rings is 1. The number of nitrogens with two attached hydrogens (primary N) is 1. The van der Waals surface area contributed by atoms with Crippen LogP contribution in [-0.4, -0.2) is 15.0 Å². The minimum atomic E-state index is 0.501. The molecule has 0 aliphatic rings. The monoisotopic (exact) mass is 188 g/mol. The quantitative estimate of drug-likeness (QED) is 0.715. The molecule has 0 radical (unpaired) electrons. The topological polar surface area (TPSA) is 67.6 Å². The summed E-state index contributed by atoms with van der Waals surface area (Å²) in [5, 5.41) is 0. The van der Waals surface area contributed by atoms with Crippen molar-refractivity contribution < 1.29 is 0 Å². The van der Waals surface area contributed by atoms with Crippen molar-refractivity contribution in [1.29, 1.82) is 0 Å². The number of aromatic amines is 1. The molecular weight excluding hydrogens is 176 g/mol. The van der Waals surface area contributed by atoms with E-state index in [0.29, 0.717) is 5.82 Å². The summed E-state index contributed by atoms with van der Waals surface area (Å²) in [5.74, 6) is 1.28. The number of aryl methyl sites for hydroxylation is 2. The summed E-state index contributed by atoms with van der Waals surface area (Å²) >= 11 is 0. The number of hydrogen-bond donors (Lipinski definition) is 2. The van der Waals surface area contributed by atoms with E-state index in [2.05, 4.69) is 15.0 Å². The van der Waals surface area contributed by atoms with Gasteiger partial charge in [-0.15, -0.1) is 0 Å². The van der Waals surface area contributed by atoms with Crippen LogP contribution in [0.15, 0.2) is 18.3 Å². The maximum absolute atomic E-state index is 5.74. The third-order valence-corrected chi connectivity index (χ3v) is 2.22. The summed E-state index contributed by atoms with van der Waals surface area (Å²) in [6.07, 6.45) is 1.67. The van der Waals surface area contributed by atoms with E-state index in [4.69, 9.17) is 5.73 Å². The Morgan fingerprint density at radius 3 is 2.71 bits per heavy atom. The van der Waals surface area contributed by atoms with E-state index in [1.54, 1.807) is 6.20 Å². The highest BCUT2D eigenvalue weighted by atomic mass is 14.9. The number of anilines is 1. The van der Waals surface area contributed by atoms with E-state index in [1.807, 2.05) is 26.0 Å². The van der Waals surface area contributed by atoms with Crippen molar-refractivity contribution in [3.63, 3.8) is 0 Å². The highest BCUT2D eigenvalue weighted by Crippen LogP contribution is 2.21. The summed E-state index contributed by atoms with van der Waals surface area (Å²) in [6, 6.07) is 3.75. The van der Waals surface area contributed by atoms with Crippen LogP contribution in [-0.2, 0) is 0 Å². The molecule has 0 bridgehead atoms. The van der Waals surface area contributed by atoms with Crippen LogP contribution in [0.1, 0.15) is 11.4 Å². The van der Waals surface area contributed by atoms with Crippen LogP contribution < -0.4 is 5.73 Å². The predicted molar refractivity (Wildman–Crippen MR) is 55.7 cm³/mol. The molecule has 72 valence electrons. The molecule has 0 unspecified atom stereocenters. The molecule has 2 rings (SSSR count). The molecule has 0 atom stereocenters. The van der Waals surface area contributed by atoms with Gasteiger partial charge in [-0.1, -0.05) is 0 Å². The zero-order chi connectivity index (χ0) is 10.1. The summed E-state index contributed by atoms with van der Waals surface area (Å²) in [4.78, 5) is 11.5. The first-order valence-corrected chi connectivity index (χ1v) is 4.42.